The first-order chi connectivity index (χ1) is 16.6. The Morgan fingerprint density at radius 1 is 0.941 bits per heavy atom. The average molecular weight is 458 g/mol. The number of likely N-dealkylation sites (tertiary alicyclic amines) is 1. The van der Waals surface area contributed by atoms with Gasteiger partial charge in [0.15, 0.2) is 0 Å². The maximum absolute atomic E-state index is 15.3. The van der Waals surface area contributed by atoms with Gasteiger partial charge in [0.2, 0.25) is 0 Å². The van der Waals surface area contributed by atoms with Crippen molar-refractivity contribution in [1.82, 2.24) is 4.90 Å². The van der Waals surface area contributed by atoms with Crippen molar-refractivity contribution in [2.24, 2.45) is 0 Å². The quantitative estimate of drug-likeness (QED) is 0.297. The molecule has 2 nitrogen and oxygen atoms in total. The molecule has 3 aromatic rings. The van der Waals surface area contributed by atoms with Crippen molar-refractivity contribution >= 4 is 5.91 Å². The first-order valence-corrected chi connectivity index (χ1v) is 12.8. The van der Waals surface area contributed by atoms with E-state index in [1.165, 1.54) is 12.8 Å². The molecule has 0 bridgehead atoms. The van der Waals surface area contributed by atoms with Crippen LogP contribution in [0.4, 0.5) is 4.39 Å². The lowest BCUT2D eigenvalue weighted by Crippen LogP contribution is -2.27. The molecule has 0 saturated carbocycles. The van der Waals surface area contributed by atoms with Crippen LogP contribution in [0, 0.1) is 12.7 Å². The number of halogens is 1. The van der Waals surface area contributed by atoms with E-state index in [0.717, 1.165) is 73.0 Å². The number of carbonyl (C=O) groups excluding carboxylic acids is 1. The predicted molar refractivity (Wildman–Crippen MR) is 139 cm³/mol. The Balaban J connectivity index is 1.75. The Morgan fingerprint density at radius 3 is 2.47 bits per heavy atom. The van der Waals surface area contributed by atoms with Gasteiger partial charge >= 0.3 is 0 Å². The van der Waals surface area contributed by atoms with Gasteiger partial charge in [-0.2, -0.15) is 0 Å². The zero-order valence-electron chi connectivity index (χ0n) is 20.5. The number of rotatable bonds is 9. The summed E-state index contributed by atoms with van der Waals surface area (Å²) in [5, 5.41) is 0. The number of carbonyl (C=O) groups is 1. The van der Waals surface area contributed by atoms with E-state index < -0.39 is 0 Å². The molecular formula is C31H36FNO. The van der Waals surface area contributed by atoms with Gasteiger partial charge in [0.1, 0.15) is 5.82 Å². The Hall–Kier alpha value is -2.94. The highest BCUT2D eigenvalue weighted by molar-refractivity contribution is 5.94. The van der Waals surface area contributed by atoms with Gasteiger partial charge in [0.05, 0.1) is 0 Å². The summed E-state index contributed by atoms with van der Waals surface area (Å²) >= 11 is 0. The zero-order chi connectivity index (χ0) is 23.9. The standard InChI is InChI=1S/C31H36FNO/c1-3-4-5-6-16-27(24-13-10-15-26(22-24)31(34)33-19-7-8-20-33)28-17-11-18-29(32)30(28)25-14-9-12-23(2)21-25/h9-15,17-18,21-22,27H,3-8,16,19-20H2,1-2H3. The van der Waals surface area contributed by atoms with Gasteiger partial charge in [0, 0.05) is 30.1 Å². The molecule has 34 heavy (non-hydrogen) atoms. The van der Waals surface area contributed by atoms with E-state index in [4.69, 9.17) is 0 Å². The van der Waals surface area contributed by atoms with E-state index in [0.29, 0.717) is 5.56 Å². The summed E-state index contributed by atoms with van der Waals surface area (Å²) in [4.78, 5) is 15.1. The minimum atomic E-state index is -0.189. The van der Waals surface area contributed by atoms with Crippen LogP contribution in [-0.4, -0.2) is 23.9 Å². The smallest absolute Gasteiger partial charge is 0.253 e. The number of hydrogen-bond acceptors (Lipinski definition) is 1. The third kappa shape index (κ3) is 5.58. The second-order valence-corrected chi connectivity index (χ2v) is 9.60. The number of benzene rings is 3. The predicted octanol–water partition coefficient (Wildman–Crippen LogP) is 8.14. The molecule has 0 spiro atoms. The van der Waals surface area contributed by atoms with Gasteiger partial charge in [-0.05, 0) is 61.1 Å². The second-order valence-electron chi connectivity index (χ2n) is 9.60. The van der Waals surface area contributed by atoms with E-state index >= 15 is 4.39 Å². The van der Waals surface area contributed by atoms with Gasteiger partial charge < -0.3 is 4.90 Å². The fourth-order valence-corrected chi connectivity index (χ4v) is 5.20. The third-order valence-corrected chi connectivity index (χ3v) is 7.00. The average Bonchev–Trinajstić information content (AvgIpc) is 3.39. The molecule has 1 fully saturated rings. The largest absolute Gasteiger partial charge is 0.339 e. The van der Waals surface area contributed by atoms with E-state index in [1.807, 2.05) is 48.2 Å². The molecule has 4 rings (SSSR count). The fourth-order valence-electron chi connectivity index (χ4n) is 5.20. The molecule has 1 unspecified atom stereocenters. The zero-order valence-corrected chi connectivity index (χ0v) is 20.5. The summed E-state index contributed by atoms with van der Waals surface area (Å²) in [6.07, 6.45) is 7.71. The number of unbranched alkanes of at least 4 members (excludes halogenated alkanes) is 3. The lowest BCUT2D eigenvalue weighted by Gasteiger charge is -2.23. The molecule has 0 aromatic heterocycles. The van der Waals surface area contributed by atoms with Crippen molar-refractivity contribution in [3.8, 4) is 11.1 Å². The molecule has 0 radical (unpaired) electrons. The molecule has 0 N–H and O–H groups in total. The van der Waals surface area contributed by atoms with Crippen molar-refractivity contribution in [1.29, 1.82) is 0 Å². The first kappa shape index (κ1) is 24.2. The summed E-state index contributed by atoms with van der Waals surface area (Å²) in [6, 6.07) is 21.6. The molecule has 1 amide bonds. The fraction of sp³-hybridized carbons (Fsp3) is 0.387. The SMILES string of the molecule is CCCCCCC(c1cccc(C(=O)N2CCCC2)c1)c1cccc(F)c1-c1cccc(C)c1. The highest BCUT2D eigenvalue weighted by Gasteiger charge is 2.24. The van der Waals surface area contributed by atoms with Crippen LogP contribution in [0.15, 0.2) is 66.7 Å². The summed E-state index contributed by atoms with van der Waals surface area (Å²) in [5.74, 6) is -0.0393. The minimum Gasteiger partial charge on any atom is -0.339 e. The molecular weight excluding hydrogens is 421 g/mol. The van der Waals surface area contributed by atoms with Crippen LogP contribution in [0.1, 0.15) is 84.8 Å². The normalized spacial score (nSPS) is 14.4. The van der Waals surface area contributed by atoms with E-state index in [9.17, 15) is 4.79 Å². The van der Waals surface area contributed by atoms with Crippen LogP contribution >= 0.6 is 0 Å². The van der Waals surface area contributed by atoms with Gasteiger partial charge in [-0.1, -0.05) is 86.7 Å². The molecule has 178 valence electrons. The Morgan fingerprint density at radius 2 is 1.71 bits per heavy atom. The van der Waals surface area contributed by atoms with E-state index in [1.54, 1.807) is 6.07 Å². The van der Waals surface area contributed by atoms with Crippen LogP contribution in [0.5, 0.6) is 0 Å². The minimum absolute atomic E-state index is 0.0365. The van der Waals surface area contributed by atoms with Crippen molar-refractivity contribution in [3.05, 3.63) is 94.8 Å². The Bertz CT molecular complexity index is 1120. The highest BCUT2D eigenvalue weighted by atomic mass is 19.1. The third-order valence-electron chi connectivity index (χ3n) is 7.00. The van der Waals surface area contributed by atoms with E-state index in [2.05, 4.69) is 31.2 Å². The maximum atomic E-state index is 15.3. The van der Waals surface area contributed by atoms with Crippen molar-refractivity contribution in [3.63, 3.8) is 0 Å². The Labute approximate surface area is 203 Å². The van der Waals surface area contributed by atoms with Gasteiger partial charge in [-0.3, -0.25) is 4.79 Å². The molecule has 3 aromatic carbocycles. The number of nitrogens with zero attached hydrogens (tertiary/aromatic N) is 1. The van der Waals surface area contributed by atoms with Gasteiger partial charge in [-0.25, -0.2) is 4.39 Å². The van der Waals surface area contributed by atoms with Gasteiger partial charge in [0.25, 0.3) is 5.91 Å². The lowest BCUT2D eigenvalue weighted by molar-refractivity contribution is 0.0792. The molecule has 0 aliphatic carbocycles. The second kappa shape index (κ2) is 11.5. The Kier molecular flexibility index (Phi) is 8.16. The molecule has 1 atom stereocenters. The number of aryl methyl sites for hydroxylation is 1. The van der Waals surface area contributed by atoms with Crippen molar-refractivity contribution in [2.75, 3.05) is 13.1 Å². The molecule has 1 heterocycles. The highest BCUT2D eigenvalue weighted by Crippen LogP contribution is 2.39. The van der Waals surface area contributed by atoms with Gasteiger partial charge in [-0.15, -0.1) is 0 Å². The van der Waals surface area contributed by atoms with Crippen molar-refractivity contribution in [2.45, 2.75) is 64.7 Å². The van der Waals surface area contributed by atoms with Crippen LogP contribution in [0.2, 0.25) is 0 Å². The summed E-state index contributed by atoms with van der Waals surface area (Å²) < 4.78 is 15.3. The van der Waals surface area contributed by atoms with Crippen LogP contribution in [0.3, 0.4) is 0 Å². The van der Waals surface area contributed by atoms with Crippen molar-refractivity contribution < 1.29 is 9.18 Å². The topological polar surface area (TPSA) is 20.3 Å². The lowest BCUT2D eigenvalue weighted by atomic mass is 9.81. The van der Waals surface area contributed by atoms with Crippen LogP contribution in [-0.2, 0) is 0 Å². The first-order valence-electron chi connectivity index (χ1n) is 12.8. The molecule has 1 aliphatic heterocycles. The van der Waals surface area contributed by atoms with Crippen LogP contribution in [0.25, 0.3) is 11.1 Å². The summed E-state index contributed by atoms with van der Waals surface area (Å²) in [6.45, 7) is 5.93. The number of hydrogen-bond donors (Lipinski definition) is 0. The molecule has 1 saturated heterocycles. The summed E-state index contributed by atoms with van der Waals surface area (Å²) in [5.41, 5.74) is 5.56. The number of amides is 1. The van der Waals surface area contributed by atoms with E-state index in [-0.39, 0.29) is 17.6 Å². The molecule has 1 aliphatic rings. The monoisotopic (exact) mass is 457 g/mol. The van der Waals surface area contributed by atoms with Crippen LogP contribution < -0.4 is 0 Å². The molecule has 3 heteroatoms. The summed E-state index contributed by atoms with van der Waals surface area (Å²) in [7, 11) is 0. The maximum Gasteiger partial charge on any atom is 0.253 e.